The van der Waals surface area contributed by atoms with Crippen LogP contribution in [-0.4, -0.2) is 24.2 Å². The molecule has 0 radical (unpaired) electrons. The number of hydrogen-bond acceptors (Lipinski definition) is 3. The minimum atomic E-state index is 0. The number of hydrogen-bond donors (Lipinski definition) is 1. The molecule has 2 heterocycles. The van der Waals surface area contributed by atoms with Crippen molar-refractivity contribution in [3.8, 4) is 5.75 Å². The largest absolute Gasteiger partial charge is 0.489 e. The Kier molecular flexibility index (Phi) is 6.65. The van der Waals surface area contributed by atoms with Gasteiger partial charge in [-0.1, -0.05) is 0 Å². The van der Waals surface area contributed by atoms with Crippen molar-refractivity contribution in [3.63, 3.8) is 0 Å². The van der Waals surface area contributed by atoms with Crippen molar-refractivity contribution in [1.29, 1.82) is 0 Å². The van der Waals surface area contributed by atoms with E-state index < -0.39 is 0 Å². The zero-order chi connectivity index (χ0) is 9.10. The smallest absolute Gasteiger partial charge is 0.125 e. The third kappa shape index (κ3) is 3.86. The van der Waals surface area contributed by atoms with Crippen molar-refractivity contribution in [2.45, 2.75) is 19.4 Å². The molecule has 1 fully saturated rings. The van der Waals surface area contributed by atoms with Crippen LogP contribution in [0.4, 0.5) is 0 Å². The first-order valence-electron chi connectivity index (χ1n) is 4.64. The predicted molar refractivity (Wildman–Crippen MR) is 65.4 cm³/mol. The van der Waals surface area contributed by atoms with Gasteiger partial charge in [-0.2, -0.15) is 0 Å². The lowest BCUT2D eigenvalue weighted by molar-refractivity contribution is 0.221. The Labute approximate surface area is 102 Å². The maximum atomic E-state index is 5.80. The van der Waals surface area contributed by atoms with E-state index in [0.717, 1.165) is 30.8 Å². The monoisotopic (exact) mass is 250 g/mol. The number of ether oxygens (including phenoxy) is 1. The summed E-state index contributed by atoms with van der Waals surface area (Å²) in [7, 11) is 0. The van der Waals surface area contributed by atoms with Gasteiger partial charge in [0, 0.05) is 24.5 Å². The Morgan fingerprint density at radius 3 is 2.87 bits per heavy atom. The molecule has 0 amide bonds. The minimum Gasteiger partial charge on any atom is -0.489 e. The van der Waals surface area contributed by atoms with Crippen LogP contribution in [0, 0.1) is 6.92 Å². The fourth-order valence-electron chi connectivity index (χ4n) is 1.50. The molecule has 3 nitrogen and oxygen atoms in total. The van der Waals surface area contributed by atoms with Crippen LogP contribution in [0.15, 0.2) is 18.5 Å². The molecule has 1 aliphatic rings. The number of pyridine rings is 1. The van der Waals surface area contributed by atoms with Crippen LogP contribution >= 0.6 is 24.8 Å². The van der Waals surface area contributed by atoms with Gasteiger partial charge in [0.25, 0.3) is 0 Å². The lowest BCUT2D eigenvalue weighted by atomic mass is 10.2. The lowest BCUT2D eigenvalue weighted by Gasteiger charge is -2.13. The fourth-order valence-corrected chi connectivity index (χ4v) is 1.50. The summed E-state index contributed by atoms with van der Waals surface area (Å²) in [5.74, 6) is 0.962. The quantitative estimate of drug-likeness (QED) is 0.872. The summed E-state index contributed by atoms with van der Waals surface area (Å²) in [5, 5.41) is 3.27. The number of halogens is 2. The van der Waals surface area contributed by atoms with E-state index in [2.05, 4.69) is 10.3 Å². The summed E-state index contributed by atoms with van der Waals surface area (Å²) in [4.78, 5) is 4.02. The van der Waals surface area contributed by atoms with Gasteiger partial charge in [-0.25, -0.2) is 0 Å². The van der Waals surface area contributed by atoms with Crippen LogP contribution in [0.2, 0.25) is 0 Å². The van der Waals surface area contributed by atoms with Crippen molar-refractivity contribution in [3.05, 3.63) is 24.0 Å². The summed E-state index contributed by atoms with van der Waals surface area (Å²) >= 11 is 0. The lowest BCUT2D eigenvalue weighted by Crippen LogP contribution is -2.19. The Bertz CT molecular complexity index is 291. The summed E-state index contributed by atoms with van der Waals surface area (Å²) in [6.45, 7) is 4.04. The van der Waals surface area contributed by atoms with Crippen molar-refractivity contribution in [2.75, 3.05) is 13.1 Å². The van der Waals surface area contributed by atoms with Gasteiger partial charge in [-0.05, 0) is 26.0 Å². The highest BCUT2D eigenvalue weighted by atomic mass is 35.5. The highest BCUT2D eigenvalue weighted by Gasteiger charge is 2.16. The maximum Gasteiger partial charge on any atom is 0.125 e. The molecule has 5 heteroatoms. The molecule has 1 aromatic heterocycles. The predicted octanol–water partition coefficient (Wildman–Crippen LogP) is 1.97. The molecular formula is C10H16Cl2N2O. The van der Waals surface area contributed by atoms with Gasteiger partial charge >= 0.3 is 0 Å². The molecule has 1 atom stereocenters. The average molecular weight is 251 g/mol. The SMILES string of the molecule is Cc1cnccc1OC1CCNC1.Cl.Cl. The topological polar surface area (TPSA) is 34.1 Å². The van der Waals surface area contributed by atoms with Crippen molar-refractivity contribution >= 4 is 24.8 Å². The number of nitrogens with zero attached hydrogens (tertiary/aromatic N) is 1. The molecule has 15 heavy (non-hydrogen) atoms. The fraction of sp³-hybridized carbons (Fsp3) is 0.500. The Balaban J connectivity index is 0.000000980. The molecular weight excluding hydrogens is 235 g/mol. The normalized spacial score (nSPS) is 18.9. The number of rotatable bonds is 2. The molecule has 1 aromatic rings. The van der Waals surface area contributed by atoms with Gasteiger partial charge < -0.3 is 10.1 Å². The second-order valence-electron chi connectivity index (χ2n) is 3.37. The number of aromatic nitrogens is 1. The third-order valence-electron chi connectivity index (χ3n) is 2.28. The van der Waals surface area contributed by atoms with Gasteiger partial charge in [0.05, 0.1) is 0 Å². The van der Waals surface area contributed by atoms with E-state index in [1.54, 1.807) is 6.20 Å². The summed E-state index contributed by atoms with van der Waals surface area (Å²) in [6.07, 6.45) is 5.03. The Hall–Kier alpha value is -0.510. The molecule has 86 valence electrons. The second-order valence-corrected chi connectivity index (χ2v) is 3.37. The molecule has 0 aromatic carbocycles. The van der Waals surface area contributed by atoms with E-state index in [0.29, 0.717) is 6.10 Å². The zero-order valence-corrected chi connectivity index (χ0v) is 10.2. The van der Waals surface area contributed by atoms with E-state index in [1.807, 2.05) is 19.2 Å². The summed E-state index contributed by atoms with van der Waals surface area (Å²) in [6, 6.07) is 1.92. The molecule has 0 bridgehead atoms. The summed E-state index contributed by atoms with van der Waals surface area (Å²) in [5.41, 5.74) is 1.11. The Morgan fingerprint density at radius 2 is 2.27 bits per heavy atom. The summed E-state index contributed by atoms with van der Waals surface area (Å²) < 4.78 is 5.80. The Morgan fingerprint density at radius 1 is 1.47 bits per heavy atom. The van der Waals surface area contributed by atoms with Gasteiger partial charge in [-0.15, -0.1) is 24.8 Å². The number of aryl methyl sites for hydroxylation is 1. The van der Waals surface area contributed by atoms with Crippen LogP contribution in [0.5, 0.6) is 5.75 Å². The van der Waals surface area contributed by atoms with Gasteiger partial charge in [0.1, 0.15) is 11.9 Å². The first-order chi connectivity index (χ1) is 6.36. The molecule has 0 saturated carbocycles. The van der Waals surface area contributed by atoms with E-state index >= 15 is 0 Å². The van der Waals surface area contributed by atoms with Gasteiger partial charge in [0.15, 0.2) is 0 Å². The van der Waals surface area contributed by atoms with E-state index in [-0.39, 0.29) is 24.8 Å². The highest BCUT2D eigenvalue weighted by Crippen LogP contribution is 2.18. The van der Waals surface area contributed by atoms with Crippen LogP contribution in [-0.2, 0) is 0 Å². The molecule has 1 N–H and O–H groups in total. The van der Waals surface area contributed by atoms with Crippen molar-refractivity contribution in [2.24, 2.45) is 0 Å². The van der Waals surface area contributed by atoms with E-state index in [4.69, 9.17) is 4.74 Å². The minimum absolute atomic E-state index is 0. The standard InChI is InChI=1S/C10H14N2O.2ClH/c1-8-6-11-5-3-10(8)13-9-2-4-12-7-9;;/h3,5-6,9,12H,2,4,7H2,1H3;2*1H. The highest BCUT2D eigenvalue weighted by molar-refractivity contribution is 5.85. The van der Waals surface area contributed by atoms with E-state index in [9.17, 15) is 0 Å². The van der Waals surface area contributed by atoms with E-state index in [1.165, 1.54) is 0 Å². The van der Waals surface area contributed by atoms with Crippen LogP contribution < -0.4 is 10.1 Å². The van der Waals surface area contributed by atoms with Gasteiger partial charge in [-0.3, -0.25) is 4.98 Å². The zero-order valence-electron chi connectivity index (χ0n) is 8.60. The molecule has 2 rings (SSSR count). The molecule has 0 aliphatic carbocycles. The molecule has 0 spiro atoms. The van der Waals surface area contributed by atoms with Crippen molar-refractivity contribution in [1.82, 2.24) is 10.3 Å². The maximum absolute atomic E-state index is 5.80. The first kappa shape index (κ1) is 14.5. The van der Waals surface area contributed by atoms with Crippen LogP contribution in [0.1, 0.15) is 12.0 Å². The van der Waals surface area contributed by atoms with Gasteiger partial charge in [0.2, 0.25) is 0 Å². The van der Waals surface area contributed by atoms with Crippen molar-refractivity contribution < 1.29 is 4.74 Å². The first-order valence-corrected chi connectivity index (χ1v) is 4.64. The third-order valence-corrected chi connectivity index (χ3v) is 2.28. The van der Waals surface area contributed by atoms with Crippen LogP contribution in [0.3, 0.4) is 0 Å². The van der Waals surface area contributed by atoms with Crippen LogP contribution in [0.25, 0.3) is 0 Å². The molecule has 1 aliphatic heterocycles. The second kappa shape index (κ2) is 6.88. The number of nitrogens with one attached hydrogen (secondary N) is 1. The average Bonchev–Trinajstić information content (AvgIpc) is 2.61. The molecule has 1 saturated heterocycles. The molecule has 1 unspecified atom stereocenters.